The molecule has 1 aliphatic rings. The van der Waals surface area contributed by atoms with Crippen molar-refractivity contribution in [1.82, 2.24) is 0 Å². The highest BCUT2D eigenvalue weighted by atomic mass is 32.1. The van der Waals surface area contributed by atoms with Gasteiger partial charge in [0.05, 0.1) is 11.1 Å². The molecular formula is C17H33NOS. The van der Waals surface area contributed by atoms with Crippen LogP contribution in [0.4, 0.5) is 0 Å². The molecule has 0 saturated heterocycles. The molecule has 2 N–H and O–H groups in total. The van der Waals surface area contributed by atoms with Crippen LogP contribution in [-0.4, -0.2) is 17.7 Å². The molecule has 3 unspecified atom stereocenters. The van der Waals surface area contributed by atoms with Crippen LogP contribution < -0.4 is 5.73 Å². The first-order chi connectivity index (χ1) is 9.24. The minimum absolute atomic E-state index is 0.0456. The van der Waals surface area contributed by atoms with Gasteiger partial charge >= 0.3 is 0 Å². The van der Waals surface area contributed by atoms with Gasteiger partial charge in [-0.25, -0.2) is 0 Å². The number of hydrogen-bond donors (Lipinski definition) is 1. The summed E-state index contributed by atoms with van der Waals surface area (Å²) in [6, 6.07) is 0. The lowest BCUT2D eigenvalue weighted by Gasteiger charge is -2.37. The van der Waals surface area contributed by atoms with Crippen LogP contribution >= 0.6 is 12.2 Å². The average Bonchev–Trinajstić information content (AvgIpc) is 2.34. The third-order valence-electron chi connectivity index (χ3n) is 4.91. The van der Waals surface area contributed by atoms with E-state index in [-0.39, 0.29) is 5.41 Å². The van der Waals surface area contributed by atoms with Crippen LogP contribution in [-0.2, 0) is 4.74 Å². The first-order valence-electron chi connectivity index (χ1n) is 8.15. The Hall–Kier alpha value is -0.150. The van der Waals surface area contributed by atoms with Gasteiger partial charge in [-0.3, -0.25) is 0 Å². The second-order valence-corrected chi connectivity index (χ2v) is 8.03. The Labute approximate surface area is 130 Å². The topological polar surface area (TPSA) is 35.2 Å². The molecule has 0 aromatic rings. The highest BCUT2D eigenvalue weighted by molar-refractivity contribution is 7.80. The zero-order valence-corrected chi connectivity index (χ0v) is 14.8. The number of rotatable bonds is 7. The van der Waals surface area contributed by atoms with Gasteiger partial charge in [0.1, 0.15) is 0 Å². The molecule has 0 aliphatic heterocycles. The zero-order chi connectivity index (χ0) is 15.3. The number of nitrogens with two attached hydrogens (primary N) is 1. The van der Waals surface area contributed by atoms with Crippen molar-refractivity contribution < 1.29 is 4.74 Å². The van der Waals surface area contributed by atoms with Gasteiger partial charge in [0.15, 0.2) is 0 Å². The fourth-order valence-electron chi connectivity index (χ4n) is 3.18. The quantitative estimate of drug-likeness (QED) is 0.553. The van der Waals surface area contributed by atoms with Gasteiger partial charge in [-0.05, 0) is 43.4 Å². The highest BCUT2D eigenvalue weighted by Gasteiger charge is 2.31. The molecule has 20 heavy (non-hydrogen) atoms. The summed E-state index contributed by atoms with van der Waals surface area (Å²) in [7, 11) is 0. The predicted octanol–water partition coefficient (Wildman–Crippen LogP) is 4.56. The first-order valence-corrected chi connectivity index (χ1v) is 8.56. The van der Waals surface area contributed by atoms with Crippen LogP contribution in [0.1, 0.15) is 66.7 Å². The summed E-state index contributed by atoms with van der Waals surface area (Å²) in [5, 5.41) is 0. The van der Waals surface area contributed by atoms with Crippen molar-refractivity contribution in [3.63, 3.8) is 0 Å². The molecular weight excluding hydrogens is 266 g/mol. The molecule has 0 amide bonds. The highest BCUT2D eigenvalue weighted by Crippen LogP contribution is 2.35. The maximum absolute atomic E-state index is 6.22. The number of ether oxygens (including phenoxy) is 1. The van der Waals surface area contributed by atoms with Gasteiger partial charge in [-0.15, -0.1) is 0 Å². The van der Waals surface area contributed by atoms with Gasteiger partial charge in [-0.1, -0.05) is 53.3 Å². The van der Waals surface area contributed by atoms with Crippen LogP contribution in [0.25, 0.3) is 0 Å². The summed E-state index contributed by atoms with van der Waals surface area (Å²) in [5.41, 5.74) is 5.72. The summed E-state index contributed by atoms with van der Waals surface area (Å²) in [4.78, 5) is 0.615. The van der Waals surface area contributed by atoms with Crippen LogP contribution in [0, 0.1) is 23.2 Å². The Balaban J connectivity index is 2.37. The van der Waals surface area contributed by atoms with Crippen molar-refractivity contribution in [2.24, 2.45) is 28.9 Å². The molecule has 1 saturated carbocycles. The van der Waals surface area contributed by atoms with Crippen molar-refractivity contribution >= 4 is 17.2 Å². The van der Waals surface area contributed by atoms with E-state index in [0.717, 1.165) is 37.2 Å². The Morgan fingerprint density at radius 1 is 1.35 bits per heavy atom. The van der Waals surface area contributed by atoms with Crippen LogP contribution in [0.5, 0.6) is 0 Å². The molecule has 0 bridgehead atoms. The van der Waals surface area contributed by atoms with E-state index in [1.807, 2.05) is 0 Å². The monoisotopic (exact) mass is 299 g/mol. The maximum Gasteiger partial charge on any atom is 0.0784 e. The van der Waals surface area contributed by atoms with Crippen LogP contribution in [0.15, 0.2) is 0 Å². The Bertz CT molecular complexity index is 314. The Kier molecular flexibility index (Phi) is 6.93. The molecule has 0 spiro atoms. The lowest BCUT2D eigenvalue weighted by Crippen LogP contribution is -2.35. The SMILES string of the molecule is CC1CCC(C(C)C)C(OCCCC(C)(C)C(N)=S)C1. The molecule has 3 atom stereocenters. The molecule has 0 aromatic carbocycles. The standard InChI is InChI=1S/C17H33NOS/c1-12(2)14-8-7-13(3)11-15(14)19-10-6-9-17(4,5)16(18)20/h12-15H,6-11H2,1-5H3,(H2,18,20). The summed E-state index contributed by atoms with van der Waals surface area (Å²) < 4.78 is 6.22. The van der Waals surface area contributed by atoms with E-state index in [2.05, 4.69) is 34.6 Å². The molecule has 0 heterocycles. The van der Waals surface area contributed by atoms with Crippen molar-refractivity contribution in [3.05, 3.63) is 0 Å². The molecule has 1 aliphatic carbocycles. The van der Waals surface area contributed by atoms with E-state index in [1.165, 1.54) is 19.3 Å². The molecule has 2 nitrogen and oxygen atoms in total. The summed E-state index contributed by atoms with van der Waals surface area (Å²) in [6.07, 6.45) is 6.41. The molecule has 3 heteroatoms. The zero-order valence-electron chi connectivity index (χ0n) is 13.9. The van der Waals surface area contributed by atoms with Crippen molar-refractivity contribution in [3.8, 4) is 0 Å². The van der Waals surface area contributed by atoms with Crippen molar-refractivity contribution in [1.29, 1.82) is 0 Å². The van der Waals surface area contributed by atoms with Crippen LogP contribution in [0.2, 0.25) is 0 Å². The number of thiocarbonyl (C=S) groups is 1. The average molecular weight is 300 g/mol. The Morgan fingerprint density at radius 3 is 2.55 bits per heavy atom. The van der Waals surface area contributed by atoms with E-state index < -0.39 is 0 Å². The predicted molar refractivity (Wildman–Crippen MR) is 90.9 cm³/mol. The lowest BCUT2D eigenvalue weighted by atomic mass is 9.75. The lowest BCUT2D eigenvalue weighted by molar-refractivity contribution is -0.0403. The van der Waals surface area contributed by atoms with Gasteiger partial charge in [0.2, 0.25) is 0 Å². The summed E-state index contributed by atoms with van der Waals surface area (Å²) >= 11 is 5.11. The van der Waals surface area contributed by atoms with E-state index in [4.69, 9.17) is 22.7 Å². The van der Waals surface area contributed by atoms with Gasteiger partial charge < -0.3 is 10.5 Å². The van der Waals surface area contributed by atoms with Gasteiger partial charge in [-0.2, -0.15) is 0 Å². The van der Waals surface area contributed by atoms with Gasteiger partial charge in [0.25, 0.3) is 0 Å². The first kappa shape index (κ1) is 17.9. The van der Waals surface area contributed by atoms with E-state index >= 15 is 0 Å². The minimum Gasteiger partial charge on any atom is -0.393 e. The second kappa shape index (κ2) is 7.74. The minimum atomic E-state index is -0.0456. The molecule has 0 aromatic heterocycles. The molecule has 1 fully saturated rings. The largest absolute Gasteiger partial charge is 0.393 e. The fourth-order valence-corrected chi connectivity index (χ4v) is 3.28. The van der Waals surface area contributed by atoms with Crippen molar-refractivity contribution in [2.45, 2.75) is 72.8 Å². The maximum atomic E-state index is 6.22. The molecule has 118 valence electrons. The third-order valence-corrected chi connectivity index (χ3v) is 5.46. The summed E-state index contributed by atoms with van der Waals surface area (Å²) in [6.45, 7) is 12.1. The summed E-state index contributed by atoms with van der Waals surface area (Å²) in [5.74, 6) is 2.26. The Morgan fingerprint density at radius 2 is 2.00 bits per heavy atom. The van der Waals surface area contributed by atoms with E-state index in [0.29, 0.717) is 11.1 Å². The van der Waals surface area contributed by atoms with E-state index in [9.17, 15) is 0 Å². The third kappa shape index (κ3) is 5.33. The van der Waals surface area contributed by atoms with Crippen molar-refractivity contribution in [2.75, 3.05) is 6.61 Å². The van der Waals surface area contributed by atoms with Crippen LogP contribution in [0.3, 0.4) is 0 Å². The smallest absolute Gasteiger partial charge is 0.0784 e. The number of hydrogen-bond acceptors (Lipinski definition) is 2. The second-order valence-electron chi connectivity index (χ2n) is 7.59. The van der Waals surface area contributed by atoms with Gasteiger partial charge in [0, 0.05) is 12.0 Å². The molecule has 0 radical (unpaired) electrons. The normalized spacial score (nSPS) is 27.8. The fraction of sp³-hybridized carbons (Fsp3) is 0.941. The van der Waals surface area contributed by atoms with E-state index in [1.54, 1.807) is 0 Å². The molecule has 1 rings (SSSR count).